The van der Waals surface area contributed by atoms with Crippen molar-refractivity contribution in [1.82, 2.24) is 4.98 Å². The maximum atomic E-state index is 11.2. The molecule has 4 N–H and O–H groups in total. The first-order chi connectivity index (χ1) is 8.97. The van der Waals surface area contributed by atoms with Gasteiger partial charge < -0.3 is 16.2 Å². The molecular weight excluding hydrogens is 310 g/mol. The van der Waals surface area contributed by atoms with E-state index in [0.29, 0.717) is 5.69 Å². The third-order valence-electron chi connectivity index (χ3n) is 2.58. The van der Waals surface area contributed by atoms with Crippen LogP contribution in [0.3, 0.4) is 0 Å². The topological polar surface area (TPSA) is 88.2 Å². The molecular formula is C13H12BrN3O2. The van der Waals surface area contributed by atoms with Gasteiger partial charge in [-0.05, 0) is 36.8 Å². The van der Waals surface area contributed by atoms with Crippen LogP contribution in [0.4, 0.5) is 17.2 Å². The van der Waals surface area contributed by atoms with Gasteiger partial charge in [0.15, 0.2) is 0 Å². The molecule has 98 valence electrons. The Morgan fingerprint density at radius 2 is 2.16 bits per heavy atom. The van der Waals surface area contributed by atoms with E-state index in [0.717, 1.165) is 15.7 Å². The number of carboxylic acids is 1. The second-order valence-corrected chi connectivity index (χ2v) is 4.97. The number of aryl methyl sites for hydroxylation is 1. The minimum atomic E-state index is -1.07. The van der Waals surface area contributed by atoms with Crippen molar-refractivity contribution in [2.45, 2.75) is 6.92 Å². The molecule has 0 radical (unpaired) electrons. The number of benzene rings is 1. The zero-order valence-electron chi connectivity index (χ0n) is 10.1. The molecule has 0 amide bonds. The molecule has 0 aliphatic carbocycles. The van der Waals surface area contributed by atoms with Crippen LogP contribution in [0, 0.1) is 6.92 Å². The first-order valence-electron chi connectivity index (χ1n) is 5.49. The molecule has 0 spiro atoms. The number of carboxylic acid groups (broad SMARTS) is 1. The number of nitrogens with one attached hydrogen (secondary N) is 1. The molecule has 1 aromatic carbocycles. The maximum Gasteiger partial charge on any atom is 0.339 e. The fourth-order valence-electron chi connectivity index (χ4n) is 1.64. The van der Waals surface area contributed by atoms with E-state index in [1.807, 2.05) is 25.1 Å². The Morgan fingerprint density at radius 1 is 1.42 bits per heavy atom. The van der Waals surface area contributed by atoms with E-state index in [2.05, 4.69) is 26.2 Å². The number of halogens is 1. The van der Waals surface area contributed by atoms with Crippen molar-refractivity contribution in [3.05, 3.63) is 46.1 Å². The van der Waals surface area contributed by atoms with Gasteiger partial charge in [-0.15, -0.1) is 0 Å². The van der Waals surface area contributed by atoms with Gasteiger partial charge in [0.05, 0.1) is 11.9 Å². The highest BCUT2D eigenvalue weighted by molar-refractivity contribution is 9.10. The van der Waals surface area contributed by atoms with Crippen molar-refractivity contribution in [3.63, 3.8) is 0 Å². The molecule has 0 atom stereocenters. The first-order valence-corrected chi connectivity index (χ1v) is 6.28. The Morgan fingerprint density at radius 3 is 2.79 bits per heavy atom. The van der Waals surface area contributed by atoms with E-state index in [4.69, 9.17) is 10.8 Å². The lowest BCUT2D eigenvalue weighted by Gasteiger charge is -2.11. The van der Waals surface area contributed by atoms with Crippen LogP contribution in [0.5, 0.6) is 0 Å². The van der Waals surface area contributed by atoms with Gasteiger partial charge in [0.2, 0.25) is 0 Å². The van der Waals surface area contributed by atoms with Gasteiger partial charge in [-0.1, -0.05) is 15.9 Å². The van der Waals surface area contributed by atoms with Crippen LogP contribution in [0.1, 0.15) is 15.9 Å². The molecule has 6 heteroatoms. The quantitative estimate of drug-likeness (QED) is 0.808. The van der Waals surface area contributed by atoms with Crippen LogP contribution < -0.4 is 11.1 Å². The smallest absolute Gasteiger partial charge is 0.339 e. The van der Waals surface area contributed by atoms with Crippen molar-refractivity contribution in [2.75, 3.05) is 11.1 Å². The number of nitrogens with zero attached hydrogens (tertiary/aromatic N) is 1. The maximum absolute atomic E-state index is 11.2. The highest BCUT2D eigenvalue weighted by atomic mass is 79.9. The highest BCUT2D eigenvalue weighted by Crippen LogP contribution is 2.25. The predicted molar refractivity (Wildman–Crippen MR) is 77.8 cm³/mol. The minimum Gasteiger partial charge on any atom is -0.478 e. The Balaban J connectivity index is 2.40. The second kappa shape index (κ2) is 5.27. The van der Waals surface area contributed by atoms with Crippen molar-refractivity contribution in [2.24, 2.45) is 0 Å². The summed E-state index contributed by atoms with van der Waals surface area (Å²) in [5.74, 6) is -0.802. The number of pyridine rings is 1. The molecule has 1 aromatic heterocycles. The average molecular weight is 322 g/mol. The standard InChI is InChI=1S/C13H12BrN3O2/c1-7-4-8(14)2-3-11(7)17-12-10(13(18)19)5-9(15)6-16-12/h2-6H,15H2,1H3,(H,16,17)(H,18,19). The summed E-state index contributed by atoms with van der Waals surface area (Å²) >= 11 is 3.37. The summed E-state index contributed by atoms with van der Waals surface area (Å²) in [7, 11) is 0. The van der Waals surface area contributed by atoms with Gasteiger partial charge in [-0.2, -0.15) is 0 Å². The van der Waals surface area contributed by atoms with Gasteiger partial charge >= 0.3 is 5.97 Å². The number of carbonyl (C=O) groups is 1. The van der Waals surface area contributed by atoms with Crippen LogP contribution in [0.2, 0.25) is 0 Å². The number of hydrogen-bond donors (Lipinski definition) is 3. The van der Waals surface area contributed by atoms with Gasteiger partial charge in [0, 0.05) is 10.2 Å². The van der Waals surface area contributed by atoms with Crippen LogP contribution in [0.25, 0.3) is 0 Å². The monoisotopic (exact) mass is 321 g/mol. The lowest BCUT2D eigenvalue weighted by Crippen LogP contribution is -2.06. The number of aromatic carboxylic acids is 1. The van der Waals surface area contributed by atoms with Gasteiger partial charge in [-0.25, -0.2) is 9.78 Å². The Bertz CT molecular complexity index is 644. The fourth-order valence-corrected chi connectivity index (χ4v) is 2.11. The summed E-state index contributed by atoms with van der Waals surface area (Å²) in [4.78, 5) is 15.2. The molecule has 0 saturated heterocycles. The third-order valence-corrected chi connectivity index (χ3v) is 3.07. The van der Waals surface area contributed by atoms with Gasteiger partial charge in [0.1, 0.15) is 11.4 Å². The molecule has 0 fully saturated rings. The number of nitrogens with two attached hydrogens (primary N) is 1. The Hall–Kier alpha value is -2.08. The molecule has 0 aliphatic rings. The second-order valence-electron chi connectivity index (χ2n) is 4.05. The summed E-state index contributed by atoms with van der Waals surface area (Å²) < 4.78 is 0.958. The summed E-state index contributed by atoms with van der Waals surface area (Å²) in [6.07, 6.45) is 1.42. The Kier molecular flexibility index (Phi) is 3.71. The number of anilines is 3. The van der Waals surface area contributed by atoms with E-state index in [-0.39, 0.29) is 11.4 Å². The van der Waals surface area contributed by atoms with Crippen molar-refractivity contribution < 1.29 is 9.90 Å². The van der Waals surface area contributed by atoms with E-state index in [1.54, 1.807) is 0 Å². The van der Waals surface area contributed by atoms with Crippen LogP contribution in [-0.4, -0.2) is 16.1 Å². The molecule has 1 heterocycles. The normalized spacial score (nSPS) is 10.2. The van der Waals surface area contributed by atoms with Gasteiger partial charge in [-0.3, -0.25) is 0 Å². The van der Waals surface area contributed by atoms with Crippen LogP contribution in [-0.2, 0) is 0 Å². The molecule has 19 heavy (non-hydrogen) atoms. The molecule has 5 nitrogen and oxygen atoms in total. The number of aromatic nitrogens is 1. The SMILES string of the molecule is Cc1cc(Br)ccc1Nc1ncc(N)cc1C(=O)O. The fraction of sp³-hybridized carbons (Fsp3) is 0.0769. The summed E-state index contributed by atoms with van der Waals surface area (Å²) in [5, 5.41) is 12.1. The number of rotatable bonds is 3. The molecule has 2 rings (SSSR count). The Labute approximate surface area is 118 Å². The van der Waals surface area contributed by atoms with Crippen molar-refractivity contribution in [3.8, 4) is 0 Å². The molecule has 0 saturated carbocycles. The lowest BCUT2D eigenvalue weighted by molar-refractivity contribution is 0.0697. The number of hydrogen-bond acceptors (Lipinski definition) is 4. The van der Waals surface area contributed by atoms with E-state index < -0.39 is 5.97 Å². The highest BCUT2D eigenvalue weighted by Gasteiger charge is 2.13. The van der Waals surface area contributed by atoms with E-state index in [9.17, 15) is 4.79 Å². The molecule has 0 bridgehead atoms. The van der Waals surface area contributed by atoms with E-state index in [1.165, 1.54) is 12.3 Å². The minimum absolute atomic E-state index is 0.0438. The summed E-state index contributed by atoms with van der Waals surface area (Å²) in [6, 6.07) is 7.03. The first kappa shape index (κ1) is 13.4. The van der Waals surface area contributed by atoms with Crippen LogP contribution >= 0.6 is 15.9 Å². The van der Waals surface area contributed by atoms with Crippen molar-refractivity contribution in [1.29, 1.82) is 0 Å². The number of nitrogen functional groups attached to an aromatic ring is 1. The van der Waals surface area contributed by atoms with E-state index >= 15 is 0 Å². The van der Waals surface area contributed by atoms with Crippen LogP contribution in [0.15, 0.2) is 34.9 Å². The molecule has 2 aromatic rings. The lowest BCUT2D eigenvalue weighted by atomic mass is 10.2. The largest absolute Gasteiger partial charge is 0.478 e. The zero-order valence-corrected chi connectivity index (χ0v) is 11.7. The average Bonchev–Trinajstić information content (AvgIpc) is 2.34. The van der Waals surface area contributed by atoms with Gasteiger partial charge in [0.25, 0.3) is 0 Å². The molecule has 0 aliphatic heterocycles. The third kappa shape index (κ3) is 3.03. The van der Waals surface area contributed by atoms with Crippen molar-refractivity contribution >= 4 is 39.1 Å². The molecule has 0 unspecified atom stereocenters. The predicted octanol–water partition coefficient (Wildman–Crippen LogP) is 3.18. The summed E-state index contributed by atoms with van der Waals surface area (Å²) in [5.41, 5.74) is 7.68. The summed E-state index contributed by atoms with van der Waals surface area (Å²) in [6.45, 7) is 1.92. The zero-order chi connectivity index (χ0) is 14.0.